The van der Waals surface area contributed by atoms with Crippen LogP contribution in [0.2, 0.25) is 0 Å². The van der Waals surface area contributed by atoms with Crippen molar-refractivity contribution in [2.75, 3.05) is 25.4 Å². The number of hydrogen-bond acceptors (Lipinski definition) is 4. The Balaban J connectivity index is 1.72. The predicted octanol–water partition coefficient (Wildman–Crippen LogP) is 0.227. The van der Waals surface area contributed by atoms with Gasteiger partial charge in [-0.1, -0.05) is 6.42 Å². The monoisotopic (exact) mass is 262 g/mol. The molecule has 17 heavy (non-hydrogen) atoms. The van der Waals surface area contributed by atoms with Gasteiger partial charge in [0.05, 0.1) is 11.9 Å². The van der Waals surface area contributed by atoms with Gasteiger partial charge in [0, 0.05) is 19.2 Å². The molecule has 6 heteroatoms. The quantitative estimate of drug-likeness (QED) is 0.744. The lowest BCUT2D eigenvalue weighted by Crippen LogP contribution is -2.44. The van der Waals surface area contributed by atoms with Gasteiger partial charge < -0.3 is 10.1 Å². The zero-order valence-electron chi connectivity index (χ0n) is 10.2. The number of sulfonamides is 1. The topological polar surface area (TPSA) is 67.4 Å². The van der Waals surface area contributed by atoms with Gasteiger partial charge in [0.2, 0.25) is 10.0 Å². The Labute approximate surface area is 103 Å². The Bertz CT molecular complexity index is 320. The fraction of sp³-hybridized carbons (Fsp3) is 1.00. The van der Waals surface area contributed by atoms with Crippen LogP contribution in [0.3, 0.4) is 0 Å². The van der Waals surface area contributed by atoms with Crippen molar-refractivity contribution in [3.8, 4) is 0 Å². The van der Waals surface area contributed by atoms with E-state index in [2.05, 4.69) is 10.0 Å². The molecule has 0 aromatic rings. The molecule has 2 aliphatic heterocycles. The second-order valence-corrected chi connectivity index (χ2v) is 6.76. The summed E-state index contributed by atoms with van der Waals surface area (Å²) in [5.41, 5.74) is 0. The predicted molar refractivity (Wildman–Crippen MR) is 66.4 cm³/mol. The lowest BCUT2D eigenvalue weighted by molar-refractivity contribution is 0.127. The zero-order valence-corrected chi connectivity index (χ0v) is 11.0. The summed E-state index contributed by atoms with van der Waals surface area (Å²) in [5.74, 6) is 0.111. The van der Waals surface area contributed by atoms with Gasteiger partial charge in [-0.25, -0.2) is 13.1 Å². The van der Waals surface area contributed by atoms with Crippen LogP contribution in [0.15, 0.2) is 0 Å². The minimum Gasteiger partial charge on any atom is -0.377 e. The van der Waals surface area contributed by atoms with Crippen LogP contribution in [-0.4, -0.2) is 46.0 Å². The molecule has 2 aliphatic rings. The van der Waals surface area contributed by atoms with Crippen LogP contribution in [0, 0.1) is 0 Å². The third kappa shape index (κ3) is 4.54. The molecule has 0 aliphatic carbocycles. The molecule has 0 amide bonds. The van der Waals surface area contributed by atoms with Crippen LogP contribution >= 0.6 is 0 Å². The summed E-state index contributed by atoms with van der Waals surface area (Å²) in [6, 6.07) is 0.294. The summed E-state index contributed by atoms with van der Waals surface area (Å²) >= 11 is 0. The number of hydrogen-bond donors (Lipinski definition) is 2. The molecule has 0 aromatic heterocycles. The minimum absolute atomic E-state index is 0.105. The smallest absolute Gasteiger partial charge is 0.214 e. The molecule has 0 saturated carbocycles. The standard InChI is InChI=1S/C11H22N2O3S/c14-17(15,9-11-5-3-7-16-11)13-8-10-4-1-2-6-12-10/h10-13H,1-9H2. The molecule has 2 saturated heterocycles. The van der Waals surface area contributed by atoms with Crippen LogP contribution in [0.4, 0.5) is 0 Å². The van der Waals surface area contributed by atoms with Crippen molar-refractivity contribution in [3.05, 3.63) is 0 Å². The van der Waals surface area contributed by atoms with Gasteiger partial charge in [-0.2, -0.15) is 0 Å². The molecule has 2 heterocycles. The first-order valence-corrected chi connectivity index (χ1v) is 8.13. The summed E-state index contributed by atoms with van der Waals surface area (Å²) in [5, 5.41) is 3.33. The summed E-state index contributed by atoms with van der Waals surface area (Å²) in [7, 11) is -3.18. The Hall–Kier alpha value is -0.170. The maximum atomic E-state index is 11.8. The Kier molecular flexibility index (Phi) is 4.78. The highest BCUT2D eigenvalue weighted by atomic mass is 32.2. The van der Waals surface area contributed by atoms with Gasteiger partial charge in [0.15, 0.2) is 0 Å². The normalized spacial score (nSPS) is 30.6. The molecule has 2 unspecified atom stereocenters. The molecule has 2 fully saturated rings. The van der Waals surface area contributed by atoms with Crippen LogP contribution in [0.5, 0.6) is 0 Å². The first kappa shape index (κ1) is 13.3. The summed E-state index contributed by atoms with van der Waals surface area (Å²) < 4.78 is 31.7. The van der Waals surface area contributed by atoms with E-state index in [0.717, 1.165) is 25.8 Å². The van der Waals surface area contributed by atoms with Crippen LogP contribution < -0.4 is 10.0 Å². The summed E-state index contributed by atoms with van der Waals surface area (Å²) in [6.07, 6.45) is 5.17. The second-order valence-electron chi connectivity index (χ2n) is 4.91. The minimum atomic E-state index is -3.18. The molecule has 2 N–H and O–H groups in total. The van der Waals surface area contributed by atoms with E-state index in [1.807, 2.05) is 0 Å². The largest absolute Gasteiger partial charge is 0.377 e. The fourth-order valence-corrected chi connectivity index (χ4v) is 3.73. The number of piperidine rings is 1. The van der Waals surface area contributed by atoms with Crippen molar-refractivity contribution in [2.45, 2.75) is 44.2 Å². The van der Waals surface area contributed by atoms with Gasteiger partial charge in [-0.15, -0.1) is 0 Å². The Morgan fingerprint density at radius 2 is 2.12 bits per heavy atom. The van der Waals surface area contributed by atoms with E-state index in [4.69, 9.17) is 4.74 Å². The van der Waals surface area contributed by atoms with Crippen molar-refractivity contribution in [3.63, 3.8) is 0 Å². The lowest BCUT2D eigenvalue weighted by atomic mass is 10.1. The highest BCUT2D eigenvalue weighted by Crippen LogP contribution is 2.13. The molecule has 0 radical (unpaired) electrons. The van der Waals surface area contributed by atoms with Gasteiger partial charge in [0.1, 0.15) is 0 Å². The number of nitrogens with one attached hydrogen (secondary N) is 2. The molecular weight excluding hydrogens is 240 g/mol. The molecule has 5 nitrogen and oxygen atoms in total. The highest BCUT2D eigenvalue weighted by molar-refractivity contribution is 7.89. The first-order valence-electron chi connectivity index (χ1n) is 6.48. The molecular formula is C11H22N2O3S. The SMILES string of the molecule is O=S(=O)(CC1CCCO1)NCC1CCCCN1. The maximum absolute atomic E-state index is 11.8. The first-order chi connectivity index (χ1) is 8.16. The summed E-state index contributed by atoms with van der Waals surface area (Å²) in [4.78, 5) is 0. The molecule has 0 aromatic carbocycles. The number of rotatable bonds is 5. The van der Waals surface area contributed by atoms with Crippen molar-refractivity contribution in [1.82, 2.24) is 10.0 Å². The third-order valence-corrected chi connectivity index (χ3v) is 4.81. The highest BCUT2D eigenvalue weighted by Gasteiger charge is 2.24. The Morgan fingerprint density at radius 1 is 1.24 bits per heavy atom. The second kappa shape index (κ2) is 6.13. The third-order valence-electron chi connectivity index (χ3n) is 3.39. The van der Waals surface area contributed by atoms with Crippen LogP contribution in [0.25, 0.3) is 0 Å². The van der Waals surface area contributed by atoms with E-state index < -0.39 is 10.0 Å². The number of ether oxygens (including phenoxy) is 1. The van der Waals surface area contributed by atoms with Crippen LogP contribution in [0.1, 0.15) is 32.1 Å². The van der Waals surface area contributed by atoms with Gasteiger partial charge in [-0.3, -0.25) is 0 Å². The van der Waals surface area contributed by atoms with Gasteiger partial charge >= 0.3 is 0 Å². The average Bonchev–Trinajstić information content (AvgIpc) is 2.80. The lowest BCUT2D eigenvalue weighted by Gasteiger charge is -2.23. The van der Waals surface area contributed by atoms with E-state index in [9.17, 15) is 8.42 Å². The molecule has 2 atom stereocenters. The molecule has 0 spiro atoms. The van der Waals surface area contributed by atoms with E-state index in [1.54, 1.807) is 0 Å². The Morgan fingerprint density at radius 3 is 2.76 bits per heavy atom. The van der Waals surface area contributed by atoms with Crippen LogP contribution in [-0.2, 0) is 14.8 Å². The van der Waals surface area contributed by atoms with Crippen molar-refractivity contribution >= 4 is 10.0 Å². The van der Waals surface area contributed by atoms with Crippen molar-refractivity contribution in [1.29, 1.82) is 0 Å². The molecule has 0 bridgehead atoms. The van der Waals surface area contributed by atoms with E-state index in [0.29, 0.717) is 19.2 Å². The van der Waals surface area contributed by atoms with E-state index in [-0.39, 0.29) is 11.9 Å². The maximum Gasteiger partial charge on any atom is 0.214 e. The van der Waals surface area contributed by atoms with E-state index >= 15 is 0 Å². The van der Waals surface area contributed by atoms with Gasteiger partial charge in [0.25, 0.3) is 0 Å². The van der Waals surface area contributed by atoms with Gasteiger partial charge in [-0.05, 0) is 32.2 Å². The van der Waals surface area contributed by atoms with E-state index in [1.165, 1.54) is 12.8 Å². The molecule has 100 valence electrons. The average molecular weight is 262 g/mol. The summed E-state index contributed by atoms with van der Waals surface area (Å²) in [6.45, 7) is 2.21. The van der Waals surface area contributed by atoms with Crippen molar-refractivity contribution < 1.29 is 13.2 Å². The molecule has 2 rings (SSSR count). The van der Waals surface area contributed by atoms with Crippen molar-refractivity contribution in [2.24, 2.45) is 0 Å². The fourth-order valence-electron chi connectivity index (χ4n) is 2.41. The zero-order chi connectivity index (χ0) is 12.1.